The third-order valence-electron chi connectivity index (χ3n) is 4.24. The summed E-state index contributed by atoms with van der Waals surface area (Å²) in [7, 11) is 0. The Hall–Kier alpha value is -1.73. The second-order valence-electron chi connectivity index (χ2n) is 5.56. The maximum atomic E-state index is 11.3. The molecule has 1 atom stereocenters. The standard InChI is InChI=1S/C15H21N5OS/c1-3-12-17-14(11-4-9-22-15(11)18-12)20-7-5-19(6-8-20)10(2)13(16)21/h4,9-10H,3,5-8H2,1-2H3,(H2,16,21). The maximum absolute atomic E-state index is 11.3. The van der Waals surface area contributed by atoms with Crippen molar-refractivity contribution in [3.05, 3.63) is 17.3 Å². The van der Waals surface area contributed by atoms with Crippen molar-refractivity contribution in [1.29, 1.82) is 0 Å². The van der Waals surface area contributed by atoms with Gasteiger partial charge in [-0.3, -0.25) is 9.69 Å². The molecule has 118 valence electrons. The van der Waals surface area contributed by atoms with Crippen molar-refractivity contribution in [3.8, 4) is 0 Å². The van der Waals surface area contributed by atoms with Crippen molar-refractivity contribution in [1.82, 2.24) is 14.9 Å². The van der Waals surface area contributed by atoms with Gasteiger partial charge in [-0.1, -0.05) is 6.92 Å². The molecule has 1 aliphatic heterocycles. The van der Waals surface area contributed by atoms with E-state index in [0.717, 1.165) is 54.5 Å². The predicted octanol–water partition coefficient (Wildman–Crippen LogP) is 1.25. The molecule has 0 bridgehead atoms. The van der Waals surface area contributed by atoms with E-state index in [0.29, 0.717) is 0 Å². The molecule has 0 saturated carbocycles. The highest BCUT2D eigenvalue weighted by Gasteiger charge is 2.25. The van der Waals surface area contributed by atoms with E-state index in [-0.39, 0.29) is 11.9 Å². The fourth-order valence-corrected chi connectivity index (χ4v) is 3.56. The van der Waals surface area contributed by atoms with Gasteiger partial charge in [0.2, 0.25) is 5.91 Å². The Morgan fingerprint density at radius 1 is 1.36 bits per heavy atom. The van der Waals surface area contributed by atoms with Gasteiger partial charge in [-0.2, -0.15) is 0 Å². The highest BCUT2D eigenvalue weighted by molar-refractivity contribution is 7.16. The van der Waals surface area contributed by atoms with E-state index in [1.807, 2.05) is 6.92 Å². The molecule has 1 amide bonds. The Bertz CT molecular complexity index is 678. The number of aryl methyl sites for hydroxylation is 1. The number of fused-ring (bicyclic) bond motifs is 1. The summed E-state index contributed by atoms with van der Waals surface area (Å²) < 4.78 is 0. The van der Waals surface area contributed by atoms with Gasteiger partial charge in [-0.15, -0.1) is 11.3 Å². The van der Waals surface area contributed by atoms with E-state index in [1.165, 1.54) is 0 Å². The summed E-state index contributed by atoms with van der Waals surface area (Å²) in [4.78, 5) is 26.1. The van der Waals surface area contributed by atoms with Crippen molar-refractivity contribution < 1.29 is 4.79 Å². The molecule has 22 heavy (non-hydrogen) atoms. The number of nitrogens with two attached hydrogens (primary N) is 1. The summed E-state index contributed by atoms with van der Waals surface area (Å²) in [5.74, 6) is 1.65. The van der Waals surface area contributed by atoms with Crippen LogP contribution in [0.25, 0.3) is 10.2 Å². The van der Waals surface area contributed by atoms with Gasteiger partial charge in [-0.05, 0) is 18.4 Å². The fourth-order valence-electron chi connectivity index (χ4n) is 2.78. The number of primary amides is 1. The van der Waals surface area contributed by atoms with Crippen LogP contribution in [0.3, 0.4) is 0 Å². The van der Waals surface area contributed by atoms with Crippen molar-refractivity contribution >= 4 is 33.3 Å². The number of piperazine rings is 1. The normalized spacial score (nSPS) is 17.8. The van der Waals surface area contributed by atoms with E-state index in [9.17, 15) is 4.79 Å². The summed E-state index contributed by atoms with van der Waals surface area (Å²) in [6, 6.07) is 1.88. The first-order chi connectivity index (χ1) is 10.6. The summed E-state index contributed by atoms with van der Waals surface area (Å²) in [6.45, 7) is 7.29. The summed E-state index contributed by atoms with van der Waals surface area (Å²) >= 11 is 1.65. The second kappa shape index (κ2) is 6.18. The summed E-state index contributed by atoms with van der Waals surface area (Å²) in [5, 5.41) is 3.19. The molecule has 1 fully saturated rings. The van der Waals surface area contributed by atoms with E-state index in [1.54, 1.807) is 11.3 Å². The third kappa shape index (κ3) is 2.78. The molecule has 0 radical (unpaired) electrons. The molecule has 3 heterocycles. The summed E-state index contributed by atoms with van der Waals surface area (Å²) in [5.41, 5.74) is 5.40. The first-order valence-corrected chi connectivity index (χ1v) is 8.50. The Kier molecular flexibility index (Phi) is 4.26. The van der Waals surface area contributed by atoms with Gasteiger partial charge >= 0.3 is 0 Å². The first-order valence-electron chi connectivity index (χ1n) is 7.62. The average Bonchev–Trinajstić information content (AvgIpc) is 3.01. The minimum absolute atomic E-state index is 0.208. The topological polar surface area (TPSA) is 75.3 Å². The number of hydrogen-bond acceptors (Lipinski definition) is 6. The van der Waals surface area contributed by atoms with Crippen molar-refractivity contribution in [2.45, 2.75) is 26.3 Å². The van der Waals surface area contributed by atoms with Crippen molar-refractivity contribution in [2.24, 2.45) is 5.73 Å². The predicted molar refractivity (Wildman–Crippen MR) is 89.2 cm³/mol. The van der Waals surface area contributed by atoms with E-state index < -0.39 is 0 Å². The number of nitrogens with zero attached hydrogens (tertiary/aromatic N) is 4. The van der Waals surface area contributed by atoms with E-state index in [2.05, 4.69) is 33.2 Å². The number of aromatic nitrogens is 2. The molecule has 1 saturated heterocycles. The quantitative estimate of drug-likeness (QED) is 0.918. The number of thiophene rings is 1. The molecular weight excluding hydrogens is 298 g/mol. The molecule has 1 aliphatic rings. The zero-order chi connectivity index (χ0) is 15.7. The van der Waals surface area contributed by atoms with Crippen LogP contribution in [-0.4, -0.2) is 53.0 Å². The third-order valence-corrected chi connectivity index (χ3v) is 5.05. The van der Waals surface area contributed by atoms with Crippen LogP contribution >= 0.6 is 11.3 Å². The molecule has 2 aromatic heterocycles. The van der Waals surface area contributed by atoms with E-state index >= 15 is 0 Å². The van der Waals surface area contributed by atoms with Crippen LogP contribution < -0.4 is 10.6 Å². The van der Waals surface area contributed by atoms with Crippen LogP contribution in [0.1, 0.15) is 19.7 Å². The Morgan fingerprint density at radius 3 is 2.73 bits per heavy atom. The Morgan fingerprint density at radius 2 is 2.09 bits per heavy atom. The van der Waals surface area contributed by atoms with Crippen LogP contribution in [-0.2, 0) is 11.2 Å². The molecule has 0 aromatic carbocycles. The lowest BCUT2D eigenvalue weighted by Gasteiger charge is -2.37. The van der Waals surface area contributed by atoms with Crippen LogP contribution in [0.4, 0.5) is 5.82 Å². The Labute approximate surface area is 133 Å². The number of hydrogen-bond donors (Lipinski definition) is 1. The molecule has 2 N–H and O–H groups in total. The largest absolute Gasteiger partial charge is 0.368 e. The molecule has 0 aliphatic carbocycles. The molecule has 6 nitrogen and oxygen atoms in total. The summed E-state index contributed by atoms with van der Waals surface area (Å²) in [6.07, 6.45) is 0.833. The average molecular weight is 319 g/mol. The molecule has 1 unspecified atom stereocenters. The number of amides is 1. The smallest absolute Gasteiger partial charge is 0.234 e. The van der Waals surface area contributed by atoms with Crippen molar-refractivity contribution in [3.63, 3.8) is 0 Å². The lowest BCUT2D eigenvalue weighted by molar-refractivity contribution is -0.122. The minimum atomic E-state index is -0.260. The van der Waals surface area contributed by atoms with Gasteiger partial charge < -0.3 is 10.6 Å². The first kappa shape index (κ1) is 15.2. The van der Waals surface area contributed by atoms with Gasteiger partial charge in [0.15, 0.2) is 0 Å². The number of rotatable bonds is 4. The van der Waals surface area contributed by atoms with Gasteiger partial charge in [0.25, 0.3) is 0 Å². The lowest BCUT2D eigenvalue weighted by atomic mass is 10.2. The zero-order valence-corrected chi connectivity index (χ0v) is 13.8. The maximum Gasteiger partial charge on any atom is 0.234 e. The second-order valence-corrected chi connectivity index (χ2v) is 6.45. The molecule has 3 rings (SSSR count). The fraction of sp³-hybridized carbons (Fsp3) is 0.533. The van der Waals surface area contributed by atoms with E-state index in [4.69, 9.17) is 10.7 Å². The SMILES string of the molecule is CCc1nc(N2CCN(C(C)C(N)=O)CC2)c2ccsc2n1. The molecule has 7 heteroatoms. The zero-order valence-electron chi connectivity index (χ0n) is 13.0. The molecule has 2 aromatic rings. The van der Waals surface area contributed by atoms with Crippen LogP contribution in [0.2, 0.25) is 0 Å². The van der Waals surface area contributed by atoms with Gasteiger partial charge in [0.1, 0.15) is 16.5 Å². The van der Waals surface area contributed by atoms with Gasteiger partial charge in [0, 0.05) is 32.6 Å². The van der Waals surface area contributed by atoms with Crippen LogP contribution in [0.5, 0.6) is 0 Å². The van der Waals surface area contributed by atoms with Gasteiger partial charge in [-0.25, -0.2) is 9.97 Å². The van der Waals surface area contributed by atoms with Crippen molar-refractivity contribution in [2.75, 3.05) is 31.1 Å². The monoisotopic (exact) mass is 319 g/mol. The van der Waals surface area contributed by atoms with Gasteiger partial charge in [0.05, 0.1) is 11.4 Å². The molecule has 0 spiro atoms. The minimum Gasteiger partial charge on any atom is -0.368 e. The highest BCUT2D eigenvalue weighted by atomic mass is 32.1. The van der Waals surface area contributed by atoms with Crippen LogP contribution in [0.15, 0.2) is 11.4 Å². The Balaban J connectivity index is 1.81. The highest BCUT2D eigenvalue weighted by Crippen LogP contribution is 2.28. The number of carbonyl (C=O) groups is 1. The number of carbonyl (C=O) groups excluding carboxylic acids is 1. The van der Waals surface area contributed by atoms with Crippen LogP contribution in [0, 0.1) is 0 Å². The molecular formula is C15H21N5OS. The number of anilines is 1. The lowest BCUT2D eigenvalue weighted by Crippen LogP contribution is -2.53.